The molecule has 0 atom stereocenters. The fourth-order valence-corrected chi connectivity index (χ4v) is 2.63. The van der Waals surface area contributed by atoms with Crippen molar-refractivity contribution in [2.75, 3.05) is 0 Å². The number of hydrogen-bond acceptors (Lipinski definition) is 0. The molecule has 0 heteroatoms. The molecule has 0 N–H and O–H groups in total. The molecule has 0 aromatic heterocycles. The molecule has 1 saturated carbocycles. The Morgan fingerprint density at radius 1 is 1.00 bits per heavy atom. The quantitative estimate of drug-likeness (QED) is 0.646. The average Bonchev–Trinajstić information content (AvgIpc) is 2.30. The zero-order valence-electron chi connectivity index (χ0n) is 9.08. The largest absolute Gasteiger partial charge is 0.0651 e. The maximum Gasteiger partial charge on any atom is -0.0162 e. The predicted octanol–water partition coefficient (Wildman–Crippen LogP) is 4.37. The van der Waals surface area contributed by atoms with E-state index in [0.717, 1.165) is 11.8 Å². The van der Waals surface area contributed by atoms with Gasteiger partial charge in [0.15, 0.2) is 0 Å². The van der Waals surface area contributed by atoms with Crippen LogP contribution >= 0.6 is 0 Å². The lowest BCUT2D eigenvalue weighted by Gasteiger charge is -2.27. The van der Waals surface area contributed by atoms with Crippen molar-refractivity contribution in [3.05, 3.63) is 35.9 Å². The normalized spacial score (nSPS) is 27.5. The Kier molecular flexibility index (Phi) is 3.23. The van der Waals surface area contributed by atoms with Crippen LogP contribution in [0.2, 0.25) is 0 Å². The summed E-state index contributed by atoms with van der Waals surface area (Å²) in [5.74, 6) is 1.86. The molecule has 0 spiro atoms. The summed E-state index contributed by atoms with van der Waals surface area (Å²) < 4.78 is 0. The van der Waals surface area contributed by atoms with Gasteiger partial charge in [0.25, 0.3) is 0 Å². The summed E-state index contributed by atoms with van der Waals surface area (Å²) >= 11 is 0. The van der Waals surface area contributed by atoms with Gasteiger partial charge in [-0.05, 0) is 43.1 Å². The minimum Gasteiger partial charge on any atom is -0.0651 e. The van der Waals surface area contributed by atoms with Crippen molar-refractivity contribution in [3.63, 3.8) is 0 Å². The molecular weight excluding hydrogens is 168 g/mol. The van der Waals surface area contributed by atoms with Crippen LogP contribution in [0.5, 0.6) is 0 Å². The fraction of sp³-hybridized carbons (Fsp3) is 0.571. The molecular formula is C14H20. The second-order valence-corrected chi connectivity index (χ2v) is 4.54. The number of benzene rings is 1. The second-order valence-electron chi connectivity index (χ2n) is 4.54. The van der Waals surface area contributed by atoms with Crippen molar-refractivity contribution < 1.29 is 0 Å². The molecule has 0 unspecified atom stereocenters. The lowest BCUT2D eigenvalue weighted by Crippen LogP contribution is -2.12. The zero-order valence-corrected chi connectivity index (χ0v) is 9.08. The highest BCUT2D eigenvalue weighted by atomic mass is 14.3. The van der Waals surface area contributed by atoms with Gasteiger partial charge >= 0.3 is 0 Å². The van der Waals surface area contributed by atoms with Gasteiger partial charge in [0.05, 0.1) is 0 Å². The van der Waals surface area contributed by atoms with Crippen LogP contribution in [0.3, 0.4) is 0 Å². The molecule has 0 radical (unpaired) electrons. The second kappa shape index (κ2) is 4.63. The molecule has 1 aliphatic carbocycles. The van der Waals surface area contributed by atoms with E-state index in [4.69, 9.17) is 0 Å². The third-order valence-corrected chi connectivity index (χ3v) is 3.70. The first kappa shape index (κ1) is 9.76. The Bertz CT molecular complexity index is 255. The van der Waals surface area contributed by atoms with Crippen LogP contribution in [0, 0.1) is 5.92 Å². The molecule has 0 heterocycles. The highest BCUT2D eigenvalue weighted by Gasteiger charge is 2.20. The van der Waals surface area contributed by atoms with Gasteiger partial charge < -0.3 is 0 Å². The molecule has 0 amide bonds. The van der Waals surface area contributed by atoms with E-state index in [2.05, 4.69) is 37.3 Å². The third kappa shape index (κ3) is 2.17. The summed E-state index contributed by atoms with van der Waals surface area (Å²) in [7, 11) is 0. The van der Waals surface area contributed by atoms with Crippen LogP contribution in [0.25, 0.3) is 0 Å². The highest BCUT2D eigenvalue weighted by Crippen LogP contribution is 2.36. The first-order chi connectivity index (χ1) is 6.90. The summed E-state index contributed by atoms with van der Waals surface area (Å²) in [5.41, 5.74) is 1.56. The smallest absolute Gasteiger partial charge is 0.0162 e. The van der Waals surface area contributed by atoms with Gasteiger partial charge in [-0.2, -0.15) is 0 Å². The Morgan fingerprint density at radius 3 is 2.21 bits per heavy atom. The molecule has 1 aromatic carbocycles. The lowest BCUT2D eigenvalue weighted by molar-refractivity contribution is 0.319. The maximum absolute atomic E-state index is 2.33. The minimum atomic E-state index is 0.846. The van der Waals surface area contributed by atoms with Crippen LogP contribution in [-0.2, 0) is 0 Å². The van der Waals surface area contributed by atoms with E-state index >= 15 is 0 Å². The Hall–Kier alpha value is -0.780. The molecule has 1 aliphatic rings. The third-order valence-electron chi connectivity index (χ3n) is 3.70. The van der Waals surface area contributed by atoms with Crippen LogP contribution in [0.1, 0.15) is 50.5 Å². The van der Waals surface area contributed by atoms with Crippen molar-refractivity contribution in [1.29, 1.82) is 0 Å². The van der Waals surface area contributed by atoms with E-state index in [-0.39, 0.29) is 0 Å². The first-order valence-electron chi connectivity index (χ1n) is 5.95. The number of hydrogen-bond donors (Lipinski definition) is 0. The van der Waals surface area contributed by atoms with E-state index in [9.17, 15) is 0 Å². The standard InChI is InChI=1S/C14H20/c1-2-12-8-10-14(11-9-12)13-6-4-3-5-7-13/h3-7,12,14H,2,8-11H2,1H3. The summed E-state index contributed by atoms with van der Waals surface area (Å²) in [6, 6.07) is 11.0. The maximum atomic E-state index is 2.33. The van der Waals surface area contributed by atoms with Crippen molar-refractivity contribution in [2.24, 2.45) is 5.92 Å². The molecule has 76 valence electrons. The van der Waals surface area contributed by atoms with E-state index < -0.39 is 0 Å². The molecule has 2 rings (SSSR count). The van der Waals surface area contributed by atoms with Crippen LogP contribution in [0.15, 0.2) is 30.3 Å². The SMILES string of the molecule is CCC1CCC(c2ccccc2)CC1. The summed E-state index contributed by atoms with van der Waals surface area (Å²) in [6.45, 7) is 2.33. The van der Waals surface area contributed by atoms with Gasteiger partial charge in [-0.3, -0.25) is 0 Å². The Morgan fingerprint density at radius 2 is 1.64 bits per heavy atom. The average molecular weight is 188 g/mol. The summed E-state index contributed by atoms with van der Waals surface area (Å²) in [6.07, 6.45) is 7.07. The van der Waals surface area contributed by atoms with Crippen molar-refractivity contribution in [3.8, 4) is 0 Å². The molecule has 0 saturated heterocycles. The minimum absolute atomic E-state index is 0.846. The van der Waals surface area contributed by atoms with E-state index in [0.29, 0.717) is 0 Å². The molecule has 1 fully saturated rings. The van der Waals surface area contributed by atoms with Gasteiger partial charge in [0.1, 0.15) is 0 Å². The van der Waals surface area contributed by atoms with Gasteiger partial charge in [0, 0.05) is 0 Å². The highest BCUT2D eigenvalue weighted by molar-refractivity contribution is 5.19. The Labute approximate surface area is 87.3 Å². The first-order valence-corrected chi connectivity index (χ1v) is 5.95. The van der Waals surface area contributed by atoms with Crippen molar-refractivity contribution >= 4 is 0 Å². The Balaban J connectivity index is 1.96. The summed E-state index contributed by atoms with van der Waals surface area (Å²) in [5, 5.41) is 0. The van der Waals surface area contributed by atoms with Gasteiger partial charge in [-0.1, -0.05) is 43.7 Å². The molecule has 1 aromatic rings. The summed E-state index contributed by atoms with van der Waals surface area (Å²) in [4.78, 5) is 0. The van der Waals surface area contributed by atoms with Crippen molar-refractivity contribution in [1.82, 2.24) is 0 Å². The van der Waals surface area contributed by atoms with Crippen molar-refractivity contribution in [2.45, 2.75) is 44.9 Å². The van der Waals surface area contributed by atoms with E-state index in [1.54, 1.807) is 5.56 Å². The molecule has 14 heavy (non-hydrogen) atoms. The van der Waals surface area contributed by atoms with Crippen LogP contribution in [0.4, 0.5) is 0 Å². The molecule has 0 bridgehead atoms. The van der Waals surface area contributed by atoms with Crippen LogP contribution < -0.4 is 0 Å². The van der Waals surface area contributed by atoms with Crippen LogP contribution in [-0.4, -0.2) is 0 Å². The lowest BCUT2D eigenvalue weighted by atomic mass is 9.78. The fourth-order valence-electron chi connectivity index (χ4n) is 2.63. The monoisotopic (exact) mass is 188 g/mol. The number of rotatable bonds is 2. The predicted molar refractivity (Wildman–Crippen MR) is 61.4 cm³/mol. The molecule has 0 nitrogen and oxygen atoms in total. The zero-order chi connectivity index (χ0) is 9.80. The van der Waals surface area contributed by atoms with Gasteiger partial charge in [-0.25, -0.2) is 0 Å². The van der Waals surface area contributed by atoms with Gasteiger partial charge in [0.2, 0.25) is 0 Å². The van der Waals surface area contributed by atoms with E-state index in [1.165, 1.54) is 32.1 Å². The topological polar surface area (TPSA) is 0 Å². The molecule has 0 aliphatic heterocycles. The van der Waals surface area contributed by atoms with Gasteiger partial charge in [-0.15, -0.1) is 0 Å². The van der Waals surface area contributed by atoms with E-state index in [1.807, 2.05) is 0 Å².